The average molecular weight is 349 g/mol. The third-order valence-electron chi connectivity index (χ3n) is 3.52. The highest BCUT2D eigenvalue weighted by Gasteiger charge is 2.17. The van der Waals surface area contributed by atoms with Crippen molar-refractivity contribution in [2.45, 2.75) is 13.0 Å². The van der Waals surface area contributed by atoms with E-state index in [0.29, 0.717) is 42.2 Å². The lowest BCUT2D eigenvalue weighted by atomic mass is 10.1. The number of benzene rings is 1. The van der Waals surface area contributed by atoms with Crippen LogP contribution < -0.4 is 19.5 Å². The van der Waals surface area contributed by atoms with Crippen LogP contribution >= 0.6 is 11.6 Å². The van der Waals surface area contributed by atoms with Crippen molar-refractivity contribution in [1.82, 2.24) is 10.3 Å². The monoisotopic (exact) mass is 348 g/mol. The quantitative estimate of drug-likeness (QED) is 0.898. The molecule has 126 valence electrons. The zero-order valence-electron chi connectivity index (χ0n) is 13.2. The van der Waals surface area contributed by atoms with Crippen LogP contribution in [0.3, 0.4) is 0 Å². The molecule has 3 rings (SSSR count). The van der Waals surface area contributed by atoms with Crippen LogP contribution in [-0.4, -0.2) is 31.2 Å². The molecule has 24 heavy (non-hydrogen) atoms. The molecule has 6 nitrogen and oxygen atoms in total. The fourth-order valence-corrected chi connectivity index (χ4v) is 2.67. The van der Waals surface area contributed by atoms with E-state index in [1.54, 1.807) is 31.5 Å². The Morgan fingerprint density at radius 1 is 1.29 bits per heavy atom. The van der Waals surface area contributed by atoms with Crippen molar-refractivity contribution >= 4 is 17.5 Å². The molecule has 0 atom stereocenters. The fourth-order valence-electron chi connectivity index (χ4n) is 2.39. The number of nitrogens with one attached hydrogen (secondary N) is 1. The highest BCUT2D eigenvalue weighted by molar-refractivity contribution is 6.32. The molecule has 0 aliphatic carbocycles. The van der Waals surface area contributed by atoms with Crippen LogP contribution in [0.4, 0.5) is 0 Å². The Morgan fingerprint density at radius 3 is 2.96 bits per heavy atom. The van der Waals surface area contributed by atoms with Gasteiger partial charge in [-0.1, -0.05) is 11.6 Å². The first-order valence-electron chi connectivity index (χ1n) is 7.49. The van der Waals surface area contributed by atoms with Crippen LogP contribution in [0.1, 0.15) is 11.1 Å². The van der Waals surface area contributed by atoms with Crippen molar-refractivity contribution in [3.8, 4) is 17.4 Å². The van der Waals surface area contributed by atoms with E-state index in [9.17, 15) is 4.79 Å². The number of nitrogens with zero attached hydrogens (tertiary/aromatic N) is 1. The second kappa shape index (κ2) is 7.40. The van der Waals surface area contributed by atoms with Gasteiger partial charge in [-0.25, -0.2) is 4.98 Å². The number of methoxy groups -OCH3 is 1. The molecule has 0 saturated carbocycles. The summed E-state index contributed by atoms with van der Waals surface area (Å²) in [7, 11) is 1.55. The van der Waals surface area contributed by atoms with Crippen LogP contribution in [0.2, 0.25) is 5.02 Å². The summed E-state index contributed by atoms with van der Waals surface area (Å²) < 4.78 is 16.0. The molecule has 0 bridgehead atoms. The van der Waals surface area contributed by atoms with E-state index in [-0.39, 0.29) is 12.3 Å². The Kier molecular flexibility index (Phi) is 5.05. The van der Waals surface area contributed by atoms with Crippen LogP contribution in [0.25, 0.3) is 0 Å². The number of aromatic nitrogens is 1. The maximum absolute atomic E-state index is 12.1. The summed E-state index contributed by atoms with van der Waals surface area (Å²) in [5, 5.41) is 3.31. The second-order valence-corrected chi connectivity index (χ2v) is 5.67. The Balaban J connectivity index is 1.61. The number of carbonyl (C=O) groups excluding carboxylic acids is 1. The molecule has 1 amide bonds. The number of hydrogen-bond donors (Lipinski definition) is 1. The van der Waals surface area contributed by atoms with Gasteiger partial charge in [0.15, 0.2) is 11.5 Å². The number of carbonyl (C=O) groups is 1. The van der Waals surface area contributed by atoms with Gasteiger partial charge < -0.3 is 19.5 Å². The Hall–Kier alpha value is -2.47. The number of hydrogen-bond acceptors (Lipinski definition) is 5. The summed E-state index contributed by atoms with van der Waals surface area (Å²) in [5.41, 5.74) is 1.68. The summed E-state index contributed by atoms with van der Waals surface area (Å²) in [6.45, 7) is 1.35. The van der Waals surface area contributed by atoms with Crippen LogP contribution in [-0.2, 0) is 17.8 Å². The molecule has 2 heterocycles. The van der Waals surface area contributed by atoms with Gasteiger partial charge in [0.1, 0.15) is 13.2 Å². The first kappa shape index (κ1) is 16.4. The fraction of sp³-hybridized carbons (Fsp3) is 0.294. The van der Waals surface area contributed by atoms with Gasteiger partial charge in [-0.2, -0.15) is 0 Å². The van der Waals surface area contributed by atoms with Crippen molar-refractivity contribution < 1.29 is 19.0 Å². The molecule has 0 saturated heterocycles. The van der Waals surface area contributed by atoms with Crippen molar-refractivity contribution in [1.29, 1.82) is 0 Å². The molecule has 7 heteroatoms. The Labute approximate surface area is 144 Å². The molecule has 2 aromatic rings. The van der Waals surface area contributed by atoms with Crippen molar-refractivity contribution in [2.24, 2.45) is 0 Å². The Morgan fingerprint density at radius 2 is 2.12 bits per heavy atom. The predicted molar refractivity (Wildman–Crippen MR) is 88.8 cm³/mol. The van der Waals surface area contributed by atoms with Crippen molar-refractivity contribution in [2.75, 3.05) is 20.3 Å². The van der Waals surface area contributed by atoms with Crippen molar-refractivity contribution in [3.63, 3.8) is 0 Å². The largest absolute Gasteiger partial charge is 0.486 e. The molecule has 0 spiro atoms. The lowest BCUT2D eigenvalue weighted by molar-refractivity contribution is -0.120. The maximum Gasteiger partial charge on any atom is 0.224 e. The highest BCUT2D eigenvalue weighted by Crippen LogP contribution is 2.38. The summed E-state index contributed by atoms with van der Waals surface area (Å²) in [4.78, 5) is 16.2. The van der Waals surface area contributed by atoms with Crippen LogP contribution in [0.15, 0.2) is 30.5 Å². The normalized spacial score (nSPS) is 12.6. The Bertz CT molecular complexity index is 751. The van der Waals surface area contributed by atoms with Gasteiger partial charge in [-0.3, -0.25) is 4.79 Å². The minimum atomic E-state index is -0.112. The lowest BCUT2D eigenvalue weighted by Crippen LogP contribution is -2.24. The summed E-state index contributed by atoms with van der Waals surface area (Å²) in [6, 6.07) is 7.12. The lowest BCUT2D eigenvalue weighted by Gasteiger charge is -2.20. The third kappa shape index (κ3) is 3.89. The van der Waals surface area contributed by atoms with Crippen molar-refractivity contribution in [3.05, 3.63) is 46.6 Å². The minimum absolute atomic E-state index is 0.112. The maximum atomic E-state index is 12.1. The van der Waals surface area contributed by atoms with E-state index in [1.807, 2.05) is 6.07 Å². The third-order valence-corrected chi connectivity index (χ3v) is 3.80. The van der Waals surface area contributed by atoms with Gasteiger partial charge in [0.25, 0.3) is 0 Å². The molecule has 1 aromatic heterocycles. The smallest absolute Gasteiger partial charge is 0.224 e. The first-order chi connectivity index (χ1) is 11.7. The number of ether oxygens (including phenoxy) is 3. The average Bonchev–Trinajstić information content (AvgIpc) is 2.60. The SMILES string of the molecule is COc1cc(CNC(=O)Cc2cc(Cl)c3c(c2)OCCO3)ccn1. The molecule has 0 radical (unpaired) electrons. The summed E-state index contributed by atoms with van der Waals surface area (Å²) >= 11 is 6.18. The van der Waals surface area contributed by atoms with E-state index in [1.165, 1.54) is 0 Å². The molecule has 1 aliphatic heterocycles. The van der Waals surface area contributed by atoms with Gasteiger partial charge >= 0.3 is 0 Å². The topological polar surface area (TPSA) is 69.7 Å². The van der Waals surface area contributed by atoms with Gasteiger partial charge in [0.2, 0.25) is 11.8 Å². The van der Waals surface area contributed by atoms with Gasteiger partial charge in [-0.05, 0) is 29.3 Å². The molecule has 1 aliphatic rings. The molecule has 1 aromatic carbocycles. The molecule has 0 fully saturated rings. The number of halogens is 1. The van der Waals surface area contributed by atoms with Crippen LogP contribution in [0, 0.1) is 0 Å². The number of pyridine rings is 1. The number of rotatable bonds is 5. The molecule has 1 N–H and O–H groups in total. The number of amides is 1. The zero-order valence-corrected chi connectivity index (χ0v) is 13.9. The van der Waals surface area contributed by atoms with E-state index in [4.69, 9.17) is 25.8 Å². The molecular weight excluding hydrogens is 332 g/mol. The number of fused-ring (bicyclic) bond motifs is 1. The predicted octanol–water partition coefficient (Wildman–Crippen LogP) is 2.37. The van der Waals surface area contributed by atoms with E-state index in [0.717, 1.165) is 11.1 Å². The van der Waals surface area contributed by atoms with Gasteiger partial charge in [0, 0.05) is 18.8 Å². The molecular formula is C17H17ClN2O4. The van der Waals surface area contributed by atoms with E-state index < -0.39 is 0 Å². The highest BCUT2D eigenvalue weighted by atomic mass is 35.5. The standard InChI is InChI=1S/C17H17ClN2O4/c1-22-16-9-11(2-3-19-16)10-20-15(21)8-12-6-13(18)17-14(7-12)23-4-5-24-17/h2-3,6-7,9H,4-5,8,10H2,1H3,(H,20,21). The molecule has 0 unspecified atom stereocenters. The summed E-state index contributed by atoms with van der Waals surface area (Å²) in [5.74, 6) is 1.52. The second-order valence-electron chi connectivity index (χ2n) is 5.26. The summed E-state index contributed by atoms with van der Waals surface area (Å²) in [6.07, 6.45) is 1.85. The zero-order chi connectivity index (χ0) is 16.9. The van der Waals surface area contributed by atoms with Gasteiger partial charge in [0.05, 0.1) is 18.6 Å². The van der Waals surface area contributed by atoms with E-state index in [2.05, 4.69) is 10.3 Å². The van der Waals surface area contributed by atoms with Crippen LogP contribution in [0.5, 0.6) is 17.4 Å². The van der Waals surface area contributed by atoms with E-state index >= 15 is 0 Å². The minimum Gasteiger partial charge on any atom is -0.486 e. The van der Waals surface area contributed by atoms with Gasteiger partial charge in [-0.15, -0.1) is 0 Å². The first-order valence-corrected chi connectivity index (χ1v) is 7.87.